The average Bonchev–Trinajstić information content (AvgIpc) is 2.88. The summed E-state index contributed by atoms with van der Waals surface area (Å²) in [5, 5.41) is 0. The number of aromatic nitrogens is 1. The zero-order chi connectivity index (χ0) is 26.4. The number of nitrogens with zero attached hydrogens (tertiary/aromatic N) is 3. The third kappa shape index (κ3) is 7.32. The van der Waals surface area contributed by atoms with E-state index in [1.807, 2.05) is 13.8 Å². The lowest BCUT2D eigenvalue weighted by Gasteiger charge is -2.36. The summed E-state index contributed by atoms with van der Waals surface area (Å²) in [5.74, 6) is 1.29. The summed E-state index contributed by atoms with van der Waals surface area (Å²) >= 11 is 0. The Morgan fingerprint density at radius 2 is 1.57 bits per heavy atom. The molecular weight excluding hydrogens is 462 g/mol. The van der Waals surface area contributed by atoms with E-state index < -0.39 is 0 Å². The molecule has 1 aromatic heterocycles. The van der Waals surface area contributed by atoms with Crippen molar-refractivity contribution >= 4 is 11.8 Å². The first-order valence-corrected chi connectivity index (χ1v) is 13.1. The highest BCUT2D eigenvalue weighted by Gasteiger charge is 2.23. The van der Waals surface area contributed by atoms with E-state index in [0.717, 1.165) is 44.0 Å². The molecule has 0 N–H and O–H groups in total. The van der Waals surface area contributed by atoms with Gasteiger partial charge in [-0.15, -0.1) is 0 Å². The Morgan fingerprint density at radius 1 is 0.919 bits per heavy atom. The molecule has 0 amide bonds. The molecule has 4 rings (SSSR count). The van der Waals surface area contributed by atoms with Gasteiger partial charge in [0.05, 0.1) is 6.10 Å². The summed E-state index contributed by atoms with van der Waals surface area (Å²) in [5.41, 5.74) is 4.42. The third-order valence-electron chi connectivity index (χ3n) is 6.58. The van der Waals surface area contributed by atoms with Crippen LogP contribution in [0.25, 0.3) is 0 Å². The van der Waals surface area contributed by atoms with Crippen LogP contribution >= 0.6 is 0 Å². The molecule has 1 aliphatic rings. The molecule has 1 saturated heterocycles. The van der Waals surface area contributed by atoms with E-state index in [0.29, 0.717) is 18.0 Å². The number of carbonyl (C=O) groups is 1. The van der Waals surface area contributed by atoms with Crippen molar-refractivity contribution in [3.05, 3.63) is 89.1 Å². The first kappa shape index (κ1) is 26.7. The monoisotopic (exact) mass is 501 g/mol. The molecule has 0 saturated carbocycles. The van der Waals surface area contributed by atoms with Crippen molar-refractivity contribution in [2.45, 2.75) is 59.3 Å². The minimum absolute atomic E-state index is 0.143. The fourth-order valence-corrected chi connectivity index (χ4v) is 4.42. The maximum atomic E-state index is 12.5. The molecule has 1 fully saturated rings. The highest BCUT2D eigenvalue weighted by atomic mass is 16.5. The first-order chi connectivity index (χ1) is 17.7. The van der Waals surface area contributed by atoms with Gasteiger partial charge in [0, 0.05) is 38.9 Å². The Balaban J connectivity index is 1.27. The van der Waals surface area contributed by atoms with Crippen LogP contribution in [-0.2, 0) is 23.3 Å². The first-order valence-electron chi connectivity index (χ1n) is 13.1. The van der Waals surface area contributed by atoms with Gasteiger partial charge in [0.2, 0.25) is 0 Å². The van der Waals surface area contributed by atoms with E-state index in [2.05, 4.69) is 84.1 Å². The number of carbonyl (C=O) groups excluding carboxylic acids is 1. The molecular formula is C31H39N3O3. The van der Waals surface area contributed by atoms with Crippen LogP contribution < -0.4 is 9.64 Å². The van der Waals surface area contributed by atoms with Crippen LogP contribution in [0.4, 0.5) is 5.82 Å². The Labute approximate surface area is 221 Å². The van der Waals surface area contributed by atoms with Crippen molar-refractivity contribution in [1.82, 2.24) is 9.88 Å². The van der Waals surface area contributed by atoms with Crippen LogP contribution in [-0.4, -0.2) is 48.1 Å². The van der Waals surface area contributed by atoms with Crippen LogP contribution in [0.2, 0.25) is 0 Å². The highest BCUT2D eigenvalue weighted by Crippen LogP contribution is 2.25. The molecule has 0 aliphatic carbocycles. The van der Waals surface area contributed by atoms with Gasteiger partial charge in [0.25, 0.3) is 0 Å². The average molecular weight is 502 g/mol. The summed E-state index contributed by atoms with van der Waals surface area (Å²) in [6, 6.07) is 20.6. The van der Waals surface area contributed by atoms with E-state index in [-0.39, 0.29) is 17.5 Å². The van der Waals surface area contributed by atoms with Gasteiger partial charge < -0.3 is 14.4 Å². The van der Waals surface area contributed by atoms with Crippen LogP contribution in [0.5, 0.6) is 5.75 Å². The van der Waals surface area contributed by atoms with Crippen molar-refractivity contribution in [2.24, 2.45) is 0 Å². The van der Waals surface area contributed by atoms with Crippen LogP contribution in [0.15, 0.2) is 66.9 Å². The van der Waals surface area contributed by atoms with E-state index >= 15 is 0 Å². The maximum Gasteiger partial charge on any atom is 0.342 e. The second-order valence-corrected chi connectivity index (χ2v) is 11.0. The standard InChI is InChI=1S/C31H39N3O3/c1-23(2)37-30(35)28-7-6-16-32-29(28)34-19-17-33(18-20-34)21-24-8-10-25(11-9-24)22-36-27-14-12-26(13-15-27)31(3,4)5/h6-16,23H,17-22H2,1-5H3. The molecule has 2 heterocycles. The highest BCUT2D eigenvalue weighted by molar-refractivity contribution is 5.94. The number of pyridine rings is 1. The quantitative estimate of drug-likeness (QED) is 0.361. The predicted molar refractivity (Wildman–Crippen MR) is 148 cm³/mol. The molecule has 37 heavy (non-hydrogen) atoms. The number of anilines is 1. The minimum atomic E-state index is -0.313. The Morgan fingerprint density at radius 3 is 2.19 bits per heavy atom. The summed E-state index contributed by atoms with van der Waals surface area (Å²) in [6.07, 6.45) is 1.58. The Hall–Kier alpha value is -3.38. The lowest BCUT2D eigenvalue weighted by atomic mass is 9.87. The molecule has 0 bridgehead atoms. The molecule has 0 unspecified atom stereocenters. The normalized spacial score (nSPS) is 14.6. The van der Waals surface area contributed by atoms with Gasteiger partial charge in [-0.1, -0.05) is 57.2 Å². The zero-order valence-corrected chi connectivity index (χ0v) is 22.7. The van der Waals surface area contributed by atoms with Gasteiger partial charge in [-0.3, -0.25) is 4.90 Å². The lowest BCUT2D eigenvalue weighted by molar-refractivity contribution is 0.0378. The van der Waals surface area contributed by atoms with Crippen LogP contribution in [0.1, 0.15) is 61.7 Å². The van der Waals surface area contributed by atoms with Crippen molar-refractivity contribution in [3.8, 4) is 5.75 Å². The molecule has 0 spiro atoms. The lowest BCUT2D eigenvalue weighted by Crippen LogP contribution is -2.46. The largest absolute Gasteiger partial charge is 0.489 e. The van der Waals surface area contributed by atoms with Gasteiger partial charge in [-0.2, -0.15) is 0 Å². The molecule has 6 heteroatoms. The molecule has 1 aliphatic heterocycles. The maximum absolute atomic E-state index is 12.5. The summed E-state index contributed by atoms with van der Waals surface area (Å²) < 4.78 is 11.4. The summed E-state index contributed by atoms with van der Waals surface area (Å²) in [6.45, 7) is 15.3. The zero-order valence-electron chi connectivity index (χ0n) is 22.7. The number of esters is 1. The molecule has 6 nitrogen and oxygen atoms in total. The SMILES string of the molecule is CC(C)OC(=O)c1cccnc1N1CCN(Cc2ccc(COc3ccc(C(C)(C)C)cc3)cc2)CC1. The fraction of sp³-hybridized carbons (Fsp3) is 0.419. The van der Waals surface area contributed by atoms with Gasteiger partial charge in [-0.25, -0.2) is 9.78 Å². The van der Waals surface area contributed by atoms with Crippen molar-refractivity contribution in [1.29, 1.82) is 0 Å². The number of benzene rings is 2. The van der Waals surface area contributed by atoms with Gasteiger partial charge >= 0.3 is 5.97 Å². The van der Waals surface area contributed by atoms with Crippen LogP contribution in [0, 0.1) is 0 Å². The Bertz CT molecular complexity index is 1160. The molecule has 2 aromatic carbocycles. The fourth-order valence-electron chi connectivity index (χ4n) is 4.42. The van der Waals surface area contributed by atoms with Crippen molar-refractivity contribution in [3.63, 3.8) is 0 Å². The molecule has 3 aromatic rings. The number of hydrogen-bond acceptors (Lipinski definition) is 6. The smallest absolute Gasteiger partial charge is 0.342 e. The van der Waals surface area contributed by atoms with Gasteiger partial charge in [0.15, 0.2) is 0 Å². The predicted octanol–water partition coefficient (Wildman–Crippen LogP) is 5.85. The van der Waals surface area contributed by atoms with Gasteiger partial charge in [0.1, 0.15) is 23.7 Å². The topological polar surface area (TPSA) is 54.9 Å². The number of rotatable bonds is 8. The second-order valence-electron chi connectivity index (χ2n) is 11.0. The number of ether oxygens (including phenoxy) is 2. The van der Waals surface area contributed by atoms with Crippen molar-refractivity contribution in [2.75, 3.05) is 31.1 Å². The number of piperazine rings is 1. The van der Waals surface area contributed by atoms with Crippen LogP contribution in [0.3, 0.4) is 0 Å². The summed E-state index contributed by atoms with van der Waals surface area (Å²) in [7, 11) is 0. The van der Waals surface area contributed by atoms with Crippen molar-refractivity contribution < 1.29 is 14.3 Å². The minimum Gasteiger partial charge on any atom is -0.489 e. The molecule has 0 radical (unpaired) electrons. The van der Waals surface area contributed by atoms with E-state index in [1.165, 1.54) is 11.1 Å². The third-order valence-corrected chi connectivity index (χ3v) is 6.58. The van der Waals surface area contributed by atoms with E-state index in [4.69, 9.17) is 9.47 Å². The van der Waals surface area contributed by atoms with Gasteiger partial charge in [-0.05, 0) is 60.2 Å². The number of hydrogen-bond donors (Lipinski definition) is 0. The molecule has 196 valence electrons. The summed E-state index contributed by atoms with van der Waals surface area (Å²) in [4.78, 5) is 21.6. The molecule has 0 atom stereocenters. The van der Waals surface area contributed by atoms with E-state index in [1.54, 1.807) is 18.3 Å². The van der Waals surface area contributed by atoms with E-state index in [9.17, 15) is 4.79 Å². The second kappa shape index (κ2) is 11.8. The Kier molecular flexibility index (Phi) is 8.49.